The highest BCUT2D eigenvalue weighted by atomic mass is 32.2. The van der Waals surface area contributed by atoms with Crippen molar-refractivity contribution in [3.8, 4) is 0 Å². The van der Waals surface area contributed by atoms with E-state index in [1.807, 2.05) is 0 Å². The molecule has 1 aromatic carbocycles. The number of halogens is 1. The molecule has 1 aliphatic rings. The number of carbonyl (C=O) groups is 1. The molecule has 0 fully saturated rings. The second kappa shape index (κ2) is 7.33. The normalized spacial score (nSPS) is 16.1. The van der Waals surface area contributed by atoms with Gasteiger partial charge in [-0.3, -0.25) is 4.79 Å². The quantitative estimate of drug-likeness (QED) is 0.485. The van der Waals surface area contributed by atoms with Gasteiger partial charge in [-0.1, -0.05) is 23.9 Å². The van der Waals surface area contributed by atoms with Crippen LogP contribution in [0.15, 0.2) is 45.5 Å². The van der Waals surface area contributed by atoms with Crippen molar-refractivity contribution < 1.29 is 13.9 Å². The molecule has 2 N–H and O–H groups in total. The van der Waals surface area contributed by atoms with Crippen molar-refractivity contribution in [2.24, 2.45) is 0 Å². The molecule has 1 aliphatic heterocycles. The number of nitrogens with zero attached hydrogens (tertiary/aromatic N) is 1. The lowest BCUT2D eigenvalue weighted by atomic mass is 9.82. The number of anilines is 1. The third-order valence-corrected chi connectivity index (χ3v) is 4.69. The van der Waals surface area contributed by atoms with Gasteiger partial charge in [0, 0.05) is 5.70 Å². The van der Waals surface area contributed by atoms with Crippen LogP contribution < -0.4 is 10.9 Å². The number of nitrogens with one attached hydrogen (secondary N) is 2. The Hall–Kier alpha value is -2.61. The second-order valence-corrected chi connectivity index (χ2v) is 6.50. The first-order chi connectivity index (χ1) is 12.5. The Kier molecular flexibility index (Phi) is 5.13. The molecule has 0 aliphatic carbocycles. The summed E-state index contributed by atoms with van der Waals surface area (Å²) in [5.41, 5.74) is 1.44. The van der Waals surface area contributed by atoms with Crippen LogP contribution in [0.1, 0.15) is 30.9 Å². The molecule has 6 nitrogen and oxygen atoms in total. The van der Waals surface area contributed by atoms with E-state index in [0.717, 1.165) is 0 Å². The third kappa shape index (κ3) is 3.24. The average molecular weight is 375 g/mol. The van der Waals surface area contributed by atoms with E-state index < -0.39 is 17.7 Å². The van der Waals surface area contributed by atoms with Crippen LogP contribution in [0.2, 0.25) is 0 Å². The number of aromatic amines is 1. The van der Waals surface area contributed by atoms with Gasteiger partial charge in [0.2, 0.25) is 0 Å². The Morgan fingerprint density at radius 2 is 2.04 bits per heavy atom. The molecule has 8 heteroatoms. The summed E-state index contributed by atoms with van der Waals surface area (Å²) < 4.78 is 18.6. The Balaban J connectivity index is 2.25. The summed E-state index contributed by atoms with van der Waals surface area (Å²) >= 11 is 1.31. The van der Waals surface area contributed by atoms with Crippen molar-refractivity contribution in [1.29, 1.82) is 0 Å². The Morgan fingerprint density at radius 3 is 2.65 bits per heavy atom. The number of ether oxygens (including phenoxy) is 1. The summed E-state index contributed by atoms with van der Waals surface area (Å²) in [7, 11) is 0. The molecule has 2 aromatic rings. The van der Waals surface area contributed by atoms with Crippen molar-refractivity contribution in [1.82, 2.24) is 9.97 Å². The summed E-state index contributed by atoms with van der Waals surface area (Å²) in [5.74, 6) is -1.23. The maximum absolute atomic E-state index is 13.4. The van der Waals surface area contributed by atoms with Gasteiger partial charge in [-0.25, -0.2) is 14.2 Å². The molecule has 3 rings (SSSR count). The zero-order chi connectivity index (χ0) is 18.8. The van der Waals surface area contributed by atoms with Crippen molar-refractivity contribution in [2.45, 2.75) is 24.9 Å². The average Bonchev–Trinajstić information content (AvgIpc) is 2.61. The predicted octanol–water partition coefficient (Wildman–Crippen LogP) is 3.03. The van der Waals surface area contributed by atoms with E-state index in [4.69, 9.17) is 4.74 Å². The lowest BCUT2D eigenvalue weighted by molar-refractivity contribution is -0.138. The number of fused-ring (bicyclic) bond motifs is 1. The lowest BCUT2D eigenvalue weighted by Gasteiger charge is -2.28. The Bertz CT molecular complexity index is 938. The highest BCUT2D eigenvalue weighted by Crippen LogP contribution is 2.39. The highest BCUT2D eigenvalue weighted by molar-refractivity contribution is 7.98. The standard InChI is InChI=1S/C18H18FN3O3S/c1-4-25-17(24)12-9(2)20-15-14(16(23)22-18(21-15)26-3)13(12)10-5-7-11(19)8-6-10/h5-8,13H,4H2,1-3H3,(H2,20,21,22,23)/t13-/m0/s1. The third-order valence-electron chi connectivity index (χ3n) is 4.11. The second-order valence-electron chi connectivity index (χ2n) is 5.71. The van der Waals surface area contributed by atoms with E-state index in [1.54, 1.807) is 32.2 Å². The molecule has 0 bridgehead atoms. The van der Waals surface area contributed by atoms with Gasteiger partial charge in [-0.15, -0.1) is 0 Å². The van der Waals surface area contributed by atoms with Gasteiger partial charge < -0.3 is 15.0 Å². The zero-order valence-electron chi connectivity index (χ0n) is 14.6. The minimum atomic E-state index is -0.696. The van der Waals surface area contributed by atoms with E-state index in [1.165, 1.54) is 23.9 Å². The lowest BCUT2D eigenvalue weighted by Crippen LogP contribution is -2.31. The van der Waals surface area contributed by atoms with Crippen molar-refractivity contribution >= 4 is 23.5 Å². The van der Waals surface area contributed by atoms with Crippen LogP contribution in [-0.2, 0) is 9.53 Å². The fraction of sp³-hybridized carbons (Fsp3) is 0.278. The van der Waals surface area contributed by atoms with Gasteiger partial charge in [-0.05, 0) is 37.8 Å². The fourth-order valence-corrected chi connectivity index (χ4v) is 3.37. The predicted molar refractivity (Wildman–Crippen MR) is 97.8 cm³/mol. The molecule has 0 spiro atoms. The van der Waals surface area contributed by atoms with Crippen LogP contribution in [0.25, 0.3) is 0 Å². The van der Waals surface area contributed by atoms with Crippen LogP contribution in [0.4, 0.5) is 10.2 Å². The van der Waals surface area contributed by atoms with E-state index in [9.17, 15) is 14.0 Å². The number of allylic oxidation sites excluding steroid dienone is 1. The number of thioether (sulfide) groups is 1. The Morgan fingerprint density at radius 1 is 1.35 bits per heavy atom. The topological polar surface area (TPSA) is 84.1 Å². The van der Waals surface area contributed by atoms with Gasteiger partial charge in [0.05, 0.1) is 23.7 Å². The number of benzene rings is 1. The molecule has 0 amide bonds. The van der Waals surface area contributed by atoms with Crippen LogP contribution in [0.3, 0.4) is 0 Å². The van der Waals surface area contributed by atoms with Gasteiger partial charge in [0.1, 0.15) is 11.6 Å². The van der Waals surface area contributed by atoms with Crippen LogP contribution in [0.5, 0.6) is 0 Å². The molecule has 26 heavy (non-hydrogen) atoms. The van der Waals surface area contributed by atoms with Gasteiger partial charge in [0.25, 0.3) is 5.56 Å². The highest BCUT2D eigenvalue weighted by Gasteiger charge is 2.36. The molecular formula is C18H18FN3O3S. The molecule has 2 heterocycles. The number of rotatable bonds is 4. The van der Waals surface area contributed by atoms with Crippen LogP contribution >= 0.6 is 11.8 Å². The van der Waals surface area contributed by atoms with Crippen molar-refractivity contribution in [2.75, 3.05) is 18.2 Å². The minimum Gasteiger partial charge on any atom is -0.463 e. The maximum Gasteiger partial charge on any atom is 0.336 e. The number of hydrogen-bond acceptors (Lipinski definition) is 6. The van der Waals surface area contributed by atoms with Crippen LogP contribution in [-0.4, -0.2) is 28.8 Å². The van der Waals surface area contributed by atoms with Crippen molar-refractivity contribution in [3.63, 3.8) is 0 Å². The van der Waals surface area contributed by atoms with Gasteiger partial charge >= 0.3 is 5.97 Å². The molecule has 0 unspecified atom stereocenters. The summed E-state index contributed by atoms with van der Waals surface area (Å²) in [6.45, 7) is 3.65. The smallest absolute Gasteiger partial charge is 0.336 e. The monoisotopic (exact) mass is 375 g/mol. The first-order valence-corrected chi connectivity index (χ1v) is 9.27. The zero-order valence-corrected chi connectivity index (χ0v) is 15.4. The summed E-state index contributed by atoms with van der Waals surface area (Å²) in [5, 5.41) is 3.50. The fourth-order valence-electron chi connectivity index (χ4n) is 3.00. The number of aromatic nitrogens is 2. The molecule has 1 atom stereocenters. The van der Waals surface area contributed by atoms with Crippen LogP contribution in [0, 0.1) is 5.82 Å². The molecule has 0 saturated carbocycles. The first kappa shape index (κ1) is 18.2. The molecular weight excluding hydrogens is 357 g/mol. The van der Waals surface area contributed by atoms with E-state index in [-0.39, 0.29) is 12.2 Å². The van der Waals surface area contributed by atoms with Crippen molar-refractivity contribution in [3.05, 3.63) is 62.8 Å². The molecule has 1 aromatic heterocycles. The van der Waals surface area contributed by atoms with Gasteiger partial charge in [-0.2, -0.15) is 0 Å². The number of carbonyl (C=O) groups excluding carboxylic acids is 1. The minimum absolute atomic E-state index is 0.207. The van der Waals surface area contributed by atoms with Gasteiger partial charge in [0.15, 0.2) is 5.16 Å². The number of esters is 1. The maximum atomic E-state index is 13.4. The number of hydrogen-bond donors (Lipinski definition) is 2. The van der Waals surface area contributed by atoms with E-state index in [0.29, 0.717) is 33.4 Å². The molecule has 0 radical (unpaired) electrons. The Labute approximate surface area is 153 Å². The largest absolute Gasteiger partial charge is 0.463 e. The summed E-state index contributed by atoms with van der Waals surface area (Å²) in [6.07, 6.45) is 1.80. The summed E-state index contributed by atoms with van der Waals surface area (Å²) in [4.78, 5) is 32.4. The summed E-state index contributed by atoms with van der Waals surface area (Å²) in [6, 6.07) is 5.72. The molecule has 136 valence electrons. The number of H-pyrrole nitrogens is 1. The van der Waals surface area contributed by atoms with E-state index in [2.05, 4.69) is 15.3 Å². The SMILES string of the molecule is CCOC(=O)C1=C(C)Nc2nc(SC)[nH]c(=O)c2[C@H]1c1ccc(F)cc1. The molecule has 0 saturated heterocycles. The van der Waals surface area contributed by atoms with E-state index >= 15 is 0 Å². The first-order valence-electron chi connectivity index (χ1n) is 8.04.